The van der Waals surface area contributed by atoms with E-state index < -0.39 is 0 Å². The van der Waals surface area contributed by atoms with Crippen LogP contribution in [0.1, 0.15) is 50.4 Å². The zero-order valence-electron chi connectivity index (χ0n) is 16.8. The molecular weight excluding hydrogens is 418 g/mol. The summed E-state index contributed by atoms with van der Waals surface area (Å²) in [6.45, 7) is 11.8. The number of rotatable bonds is 3. The Morgan fingerprint density at radius 1 is 1.26 bits per heavy atom. The van der Waals surface area contributed by atoms with Crippen molar-refractivity contribution in [3.8, 4) is 0 Å². The molecule has 27 heavy (non-hydrogen) atoms. The van der Waals surface area contributed by atoms with Gasteiger partial charge in [0.05, 0.1) is 16.4 Å². The molecule has 0 saturated carbocycles. The molecule has 0 amide bonds. The fourth-order valence-electron chi connectivity index (χ4n) is 3.61. The Labute approximate surface area is 176 Å². The lowest BCUT2D eigenvalue weighted by molar-refractivity contribution is 0.436. The molecule has 0 bridgehead atoms. The number of nitrogens with one attached hydrogen (secondary N) is 1. The van der Waals surface area contributed by atoms with Crippen LogP contribution in [0.4, 0.5) is 17.2 Å². The molecule has 0 atom stereocenters. The molecule has 144 valence electrons. The number of aromatic nitrogens is 1. The van der Waals surface area contributed by atoms with Gasteiger partial charge in [-0.2, -0.15) is 0 Å². The van der Waals surface area contributed by atoms with Crippen molar-refractivity contribution in [2.24, 2.45) is 5.41 Å². The molecule has 1 aromatic heterocycles. The zero-order chi connectivity index (χ0) is 19.8. The van der Waals surface area contributed by atoms with Crippen molar-refractivity contribution in [2.75, 3.05) is 16.8 Å². The van der Waals surface area contributed by atoms with E-state index in [-0.39, 0.29) is 5.41 Å². The number of fused-ring (bicyclic) bond motifs is 1. The molecule has 2 heterocycles. The molecule has 0 saturated heterocycles. The van der Waals surface area contributed by atoms with Crippen molar-refractivity contribution >= 4 is 50.3 Å². The fraction of sp³-hybridized carbons (Fsp3) is 0.455. The second kappa shape index (κ2) is 7.88. The van der Waals surface area contributed by atoms with E-state index >= 15 is 0 Å². The summed E-state index contributed by atoms with van der Waals surface area (Å²) in [5, 5.41) is 3.44. The lowest BCUT2D eigenvalue weighted by atomic mass is 9.92. The highest BCUT2D eigenvalue weighted by molar-refractivity contribution is 9.10. The molecule has 0 unspecified atom stereocenters. The maximum atomic E-state index is 5.57. The Hall–Kier alpha value is -1.46. The lowest BCUT2D eigenvalue weighted by Gasteiger charge is -2.31. The quantitative estimate of drug-likeness (QED) is 0.530. The second-order valence-electron chi connectivity index (χ2n) is 8.57. The maximum Gasteiger partial charge on any atom is 0.133 e. The van der Waals surface area contributed by atoms with E-state index in [0.717, 1.165) is 52.5 Å². The summed E-state index contributed by atoms with van der Waals surface area (Å²) in [7, 11) is 0. The summed E-state index contributed by atoms with van der Waals surface area (Å²) in [5.74, 6) is 1.01. The maximum absolute atomic E-state index is 5.57. The minimum absolute atomic E-state index is 0.172. The first-order valence-corrected chi connectivity index (χ1v) is 10.7. The number of benzene rings is 1. The normalized spacial score (nSPS) is 14.1. The minimum Gasteiger partial charge on any atom is -0.348 e. The second-order valence-corrected chi connectivity index (χ2v) is 9.98. The SMILES string of the molecule is Cc1cc(N2CCCc3cc(Br)ccc32)nc(C)c1NC(=S)CC(C)(C)C. The van der Waals surface area contributed by atoms with E-state index in [4.69, 9.17) is 17.2 Å². The van der Waals surface area contributed by atoms with Crippen LogP contribution < -0.4 is 10.2 Å². The zero-order valence-corrected chi connectivity index (χ0v) is 19.2. The Bertz CT molecular complexity index is 847. The minimum atomic E-state index is 0.172. The third-order valence-corrected chi connectivity index (χ3v) is 5.52. The molecule has 1 aliphatic rings. The molecule has 2 aromatic rings. The third-order valence-electron chi connectivity index (χ3n) is 4.78. The molecule has 1 aliphatic heterocycles. The van der Waals surface area contributed by atoms with Gasteiger partial charge in [0.1, 0.15) is 5.82 Å². The largest absolute Gasteiger partial charge is 0.348 e. The summed E-state index contributed by atoms with van der Waals surface area (Å²) in [6.07, 6.45) is 3.11. The molecule has 0 spiro atoms. The number of nitrogens with zero attached hydrogens (tertiary/aromatic N) is 2. The molecule has 0 aliphatic carbocycles. The Balaban J connectivity index is 1.89. The monoisotopic (exact) mass is 445 g/mol. The molecular formula is C22H28BrN3S. The molecule has 3 nitrogen and oxygen atoms in total. The van der Waals surface area contributed by atoms with Crippen LogP contribution in [0.3, 0.4) is 0 Å². The summed E-state index contributed by atoms with van der Waals surface area (Å²) in [4.78, 5) is 8.13. The average molecular weight is 446 g/mol. The Morgan fingerprint density at radius 2 is 2.00 bits per heavy atom. The van der Waals surface area contributed by atoms with Gasteiger partial charge >= 0.3 is 0 Å². The van der Waals surface area contributed by atoms with Crippen LogP contribution in [-0.4, -0.2) is 16.5 Å². The predicted octanol–water partition coefficient (Wildman–Crippen LogP) is 6.72. The highest BCUT2D eigenvalue weighted by Gasteiger charge is 2.21. The molecule has 3 rings (SSSR count). The lowest BCUT2D eigenvalue weighted by Crippen LogP contribution is -2.26. The van der Waals surface area contributed by atoms with Gasteiger partial charge < -0.3 is 10.2 Å². The van der Waals surface area contributed by atoms with Crippen molar-refractivity contribution in [3.05, 3.63) is 45.6 Å². The first-order chi connectivity index (χ1) is 12.6. The van der Waals surface area contributed by atoms with E-state index in [9.17, 15) is 0 Å². The van der Waals surface area contributed by atoms with Gasteiger partial charge in [-0.15, -0.1) is 0 Å². The molecule has 1 aromatic carbocycles. The third kappa shape index (κ3) is 4.88. The number of aryl methyl sites for hydroxylation is 3. The summed E-state index contributed by atoms with van der Waals surface area (Å²) in [6, 6.07) is 8.70. The summed E-state index contributed by atoms with van der Waals surface area (Å²) in [5.41, 5.74) is 6.02. The Kier molecular flexibility index (Phi) is 5.92. The number of hydrogen-bond acceptors (Lipinski definition) is 3. The molecule has 1 N–H and O–H groups in total. The highest BCUT2D eigenvalue weighted by atomic mass is 79.9. The smallest absolute Gasteiger partial charge is 0.133 e. The van der Waals surface area contributed by atoms with Gasteiger partial charge in [-0.3, -0.25) is 0 Å². The summed E-state index contributed by atoms with van der Waals surface area (Å²) >= 11 is 9.16. The van der Waals surface area contributed by atoms with E-state index in [1.165, 1.54) is 16.8 Å². The van der Waals surface area contributed by atoms with Gasteiger partial charge in [-0.1, -0.05) is 48.9 Å². The van der Waals surface area contributed by atoms with Crippen LogP contribution in [0.25, 0.3) is 0 Å². The van der Waals surface area contributed by atoms with Crippen molar-refractivity contribution in [3.63, 3.8) is 0 Å². The van der Waals surface area contributed by atoms with Crippen molar-refractivity contribution in [2.45, 2.75) is 53.9 Å². The van der Waals surface area contributed by atoms with Gasteiger partial charge in [-0.05, 0) is 67.5 Å². The van der Waals surface area contributed by atoms with Gasteiger partial charge in [0.25, 0.3) is 0 Å². The number of halogens is 1. The van der Waals surface area contributed by atoms with Crippen LogP contribution in [0.5, 0.6) is 0 Å². The van der Waals surface area contributed by atoms with Gasteiger partial charge in [0, 0.05) is 23.1 Å². The van der Waals surface area contributed by atoms with Crippen LogP contribution in [0.2, 0.25) is 0 Å². The number of pyridine rings is 1. The van der Waals surface area contributed by atoms with Crippen LogP contribution in [0, 0.1) is 19.3 Å². The number of anilines is 3. The Morgan fingerprint density at radius 3 is 2.67 bits per heavy atom. The topological polar surface area (TPSA) is 28.2 Å². The summed E-state index contributed by atoms with van der Waals surface area (Å²) < 4.78 is 1.13. The fourth-order valence-corrected chi connectivity index (χ4v) is 4.55. The van der Waals surface area contributed by atoms with Gasteiger partial charge in [0.15, 0.2) is 0 Å². The first kappa shape index (κ1) is 20.3. The van der Waals surface area contributed by atoms with E-state index in [2.05, 4.69) is 85.0 Å². The van der Waals surface area contributed by atoms with Gasteiger partial charge in [0.2, 0.25) is 0 Å². The number of thiocarbonyl (C=S) groups is 1. The first-order valence-electron chi connectivity index (χ1n) is 9.48. The molecule has 0 radical (unpaired) electrons. The van der Waals surface area contributed by atoms with E-state index in [1.807, 2.05) is 0 Å². The van der Waals surface area contributed by atoms with Crippen molar-refractivity contribution in [1.29, 1.82) is 0 Å². The van der Waals surface area contributed by atoms with Crippen LogP contribution in [0.15, 0.2) is 28.7 Å². The van der Waals surface area contributed by atoms with Crippen molar-refractivity contribution < 1.29 is 0 Å². The van der Waals surface area contributed by atoms with E-state index in [1.54, 1.807) is 0 Å². The van der Waals surface area contributed by atoms with Crippen LogP contribution in [-0.2, 0) is 6.42 Å². The highest BCUT2D eigenvalue weighted by Crippen LogP contribution is 2.36. The predicted molar refractivity (Wildman–Crippen MR) is 123 cm³/mol. The van der Waals surface area contributed by atoms with E-state index in [0.29, 0.717) is 0 Å². The average Bonchev–Trinajstić information content (AvgIpc) is 2.55. The number of hydrogen-bond donors (Lipinski definition) is 1. The van der Waals surface area contributed by atoms with Gasteiger partial charge in [-0.25, -0.2) is 4.98 Å². The molecule has 0 fully saturated rings. The standard InChI is InChI=1S/C22H28BrN3S/c1-14-11-19(24-15(2)21(14)25-20(27)13-22(3,4)5)26-10-6-7-16-12-17(23)8-9-18(16)26/h8-9,11-12H,6-7,10,13H2,1-5H3,(H,25,27). The van der Waals surface area contributed by atoms with Crippen molar-refractivity contribution in [1.82, 2.24) is 4.98 Å². The molecule has 5 heteroatoms. The van der Waals surface area contributed by atoms with Crippen LogP contribution >= 0.6 is 28.1 Å².